The molecule has 0 atom stereocenters. The van der Waals surface area contributed by atoms with Crippen LogP contribution in [0.5, 0.6) is 5.75 Å². The van der Waals surface area contributed by atoms with Gasteiger partial charge < -0.3 is 4.74 Å². The number of ether oxygens (including phenoxy) is 1. The van der Waals surface area contributed by atoms with E-state index in [0.29, 0.717) is 17.0 Å². The van der Waals surface area contributed by atoms with Gasteiger partial charge in [-0.15, -0.1) is 13.2 Å². The molecule has 3 aromatic rings. The zero-order valence-electron chi connectivity index (χ0n) is 19.8. The third-order valence-electron chi connectivity index (χ3n) is 6.82. The van der Waals surface area contributed by atoms with Gasteiger partial charge in [0.2, 0.25) is 0 Å². The van der Waals surface area contributed by atoms with Crippen LogP contribution in [0.4, 0.5) is 26.3 Å². The molecule has 7 heteroatoms. The molecule has 1 aliphatic rings. The van der Waals surface area contributed by atoms with Crippen molar-refractivity contribution in [3.63, 3.8) is 0 Å². The van der Waals surface area contributed by atoms with Crippen LogP contribution in [0.3, 0.4) is 0 Å². The van der Waals surface area contributed by atoms with Gasteiger partial charge in [-0.25, -0.2) is 13.2 Å². The highest BCUT2D eigenvalue weighted by Gasteiger charge is 2.32. The Bertz CT molecular complexity index is 1270. The van der Waals surface area contributed by atoms with Crippen LogP contribution in [0.25, 0.3) is 10.8 Å². The molecule has 0 aliphatic heterocycles. The maximum Gasteiger partial charge on any atom is 0.573 e. The summed E-state index contributed by atoms with van der Waals surface area (Å²) in [6, 6.07) is 8.92. The average Bonchev–Trinajstić information content (AvgIpc) is 2.83. The lowest BCUT2D eigenvalue weighted by molar-refractivity contribution is -0.275. The van der Waals surface area contributed by atoms with Crippen LogP contribution in [0.15, 0.2) is 42.5 Å². The number of rotatable bonds is 5. The van der Waals surface area contributed by atoms with Crippen molar-refractivity contribution in [2.24, 2.45) is 5.92 Å². The molecule has 0 N–H and O–H groups in total. The monoisotopic (exact) mass is 504 g/mol. The van der Waals surface area contributed by atoms with E-state index in [9.17, 15) is 26.3 Å². The van der Waals surface area contributed by atoms with Crippen molar-refractivity contribution in [2.75, 3.05) is 0 Å². The van der Waals surface area contributed by atoms with Crippen molar-refractivity contribution in [1.29, 1.82) is 0 Å². The summed E-state index contributed by atoms with van der Waals surface area (Å²) in [5.74, 6) is 2.46. The Balaban J connectivity index is 1.51. The van der Waals surface area contributed by atoms with Crippen LogP contribution in [0.2, 0.25) is 0 Å². The number of hydrogen-bond acceptors (Lipinski definition) is 1. The highest BCUT2D eigenvalue weighted by Crippen LogP contribution is 2.38. The minimum Gasteiger partial charge on any atom is -0.403 e. The molecule has 190 valence electrons. The highest BCUT2D eigenvalue weighted by molar-refractivity contribution is 5.86. The lowest BCUT2D eigenvalue weighted by Crippen LogP contribution is -2.17. The van der Waals surface area contributed by atoms with Gasteiger partial charge in [0.25, 0.3) is 0 Å². The van der Waals surface area contributed by atoms with Crippen LogP contribution in [0.1, 0.15) is 74.5 Å². The van der Waals surface area contributed by atoms with E-state index in [2.05, 4.69) is 23.5 Å². The second-order valence-electron chi connectivity index (χ2n) is 9.33. The van der Waals surface area contributed by atoms with Crippen LogP contribution in [0, 0.1) is 35.2 Å². The highest BCUT2D eigenvalue weighted by atomic mass is 19.4. The summed E-state index contributed by atoms with van der Waals surface area (Å²) in [4.78, 5) is 0. The Morgan fingerprint density at radius 1 is 0.889 bits per heavy atom. The zero-order chi connectivity index (χ0) is 25.9. The predicted molar refractivity (Wildman–Crippen MR) is 127 cm³/mol. The van der Waals surface area contributed by atoms with Crippen LogP contribution >= 0.6 is 0 Å². The summed E-state index contributed by atoms with van der Waals surface area (Å²) in [7, 11) is 0. The first-order valence-corrected chi connectivity index (χ1v) is 12.1. The Labute approximate surface area is 206 Å². The molecule has 0 bridgehead atoms. The van der Waals surface area contributed by atoms with Crippen molar-refractivity contribution in [3.8, 4) is 17.6 Å². The molecule has 36 heavy (non-hydrogen) atoms. The van der Waals surface area contributed by atoms with E-state index in [1.54, 1.807) is 0 Å². The van der Waals surface area contributed by atoms with Gasteiger partial charge in [-0.3, -0.25) is 0 Å². The second kappa shape index (κ2) is 10.9. The van der Waals surface area contributed by atoms with Crippen molar-refractivity contribution >= 4 is 10.8 Å². The van der Waals surface area contributed by atoms with E-state index in [1.165, 1.54) is 55.7 Å². The molecule has 0 amide bonds. The number of alkyl halides is 3. The van der Waals surface area contributed by atoms with E-state index in [0.717, 1.165) is 31.7 Å². The Morgan fingerprint density at radius 3 is 2.22 bits per heavy atom. The number of fused-ring (bicyclic) bond motifs is 1. The fraction of sp³-hybridized carbons (Fsp3) is 0.379. The maximum absolute atomic E-state index is 14.8. The van der Waals surface area contributed by atoms with Gasteiger partial charge in [-0.1, -0.05) is 50.2 Å². The molecule has 1 saturated carbocycles. The first kappa shape index (κ1) is 25.9. The number of benzene rings is 3. The molecule has 3 aromatic carbocycles. The number of halogens is 6. The molecule has 0 heterocycles. The molecule has 1 aliphatic carbocycles. The smallest absolute Gasteiger partial charge is 0.403 e. The summed E-state index contributed by atoms with van der Waals surface area (Å²) >= 11 is 0. The summed E-state index contributed by atoms with van der Waals surface area (Å²) < 4.78 is 85.0. The molecule has 0 saturated heterocycles. The lowest BCUT2D eigenvalue weighted by atomic mass is 9.77. The van der Waals surface area contributed by atoms with E-state index in [4.69, 9.17) is 0 Å². The quantitative estimate of drug-likeness (QED) is 0.249. The fourth-order valence-electron chi connectivity index (χ4n) is 4.91. The van der Waals surface area contributed by atoms with Crippen molar-refractivity contribution in [1.82, 2.24) is 0 Å². The van der Waals surface area contributed by atoms with Gasteiger partial charge in [0, 0.05) is 10.9 Å². The normalized spacial score (nSPS) is 18.1. The SMILES string of the molecule is CCCC[C@H]1CC[C@H](c2cc(F)c(C#Cc3ccc4c(F)c(OC(F)(F)F)ccc4c3)c(F)c2)CC1. The van der Waals surface area contributed by atoms with Gasteiger partial charge in [0.1, 0.15) is 11.6 Å². The summed E-state index contributed by atoms with van der Waals surface area (Å²) in [6.07, 6.45) is 2.56. The molecule has 1 fully saturated rings. The van der Waals surface area contributed by atoms with Crippen LogP contribution in [-0.4, -0.2) is 6.36 Å². The minimum absolute atomic E-state index is 0.0894. The van der Waals surface area contributed by atoms with Gasteiger partial charge >= 0.3 is 6.36 Å². The molecular formula is C29H26F6O. The van der Waals surface area contributed by atoms with Crippen molar-refractivity contribution in [2.45, 2.75) is 64.1 Å². The van der Waals surface area contributed by atoms with E-state index < -0.39 is 29.6 Å². The topological polar surface area (TPSA) is 9.23 Å². The molecular weight excluding hydrogens is 478 g/mol. The molecule has 0 radical (unpaired) electrons. The summed E-state index contributed by atoms with van der Waals surface area (Å²) in [6.45, 7) is 2.17. The minimum atomic E-state index is -5.02. The number of unbranched alkanes of at least 4 members (excludes halogenated alkanes) is 1. The lowest BCUT2D eigenvalue weighted by Gasteiger charge is -2.29. The molecule has 0 spiro atoms. The standard InChI is InChI=1S/C29H26F6O/c1-2-3-4-18-5-9-20(10-6-18)22-16-25(30)24(26(31)17-22)13-8-19-7-12-23-21(15-19)11-14-27(28(23)32)36-29(33,34)35/h7,11-12,14-18,20H,2-6,9-10H2,1H3/t18-,20-. The fourth-order valence-corrected chi connectivity index (χ4v) is 4.91. The predicted octanol–water partition coefficient (Wildman–Crippen LogP) is 9.02. The molecule has 4 rings (SSSR count). The first-order chi connectivity index (χ1) is 17.1. The largest absolute Gasteiger partial charge is 0.573 e. The van der Waals surface area contributed by atoms with E-state index in [1.807, 2.05) is 0 Å². The average molecular weight is 505 g/mol. The Morgan fingerprint density at radius 2 is 1.58 bits per heavy atom. The van der Waals surface area contributed by atoms with Gasteiger partial charge in [0.05, 0.1) is 5.56 Å². The van der Waals surface area contributed by atoms with Crippen molar-refractivity contribution < 1.29 is 31.1 Å². The Hall–Kier alpha value is -3.14. The molecule has 0 aromatic heterocycles. The van der Waals surface area contributed by atoms with Gasteiger partial charge in [0.15, 0.2) is 11.6 Å². The summed E-state index contributed by atoms with van der Waals surface area (Å²) in [5, 5.41) is 0.188. The van der Waals surface area contributed by atoms with Crippen LogP contribution < -0.4 is 4.74 Å². The molecule has 0 unspecified atom stereocenters. The Kier molecular flexibility index (Phi) is 7.82. The van der Waals surface area contributed by atoms with E-state index in [-0.39, 0.29) is 22.3 Å². The summed E-state index contributed by atoms with van der Waals surface area (Å²) in [5.41, 5.74) is 0.637. The van der Waals surface area contributed by atoms with Gasteiger partial charge in [-0.2, -0.15) is 0 Å². The van der Waals surface area contributed by atoms with Gasteiger partial charge in [-0.05, 0) is 78.8 Å². The zero-order valence-corrected chi connectivity index (χ0v) is 19.8. The second-order valence-corrected chi connectivity index (χ2v) is 9.33. The third kappa shape index (κ3) is 6.16. The third-order valence-corrected chi connectivity index (χ3v) is 6.82. The van der Waals surface area contributed by atoms with Crippen molar-refractivity contribution in [3.05, 3.63) is 76.6 Å². The maximum atomic E-state index is 14.8. The number of hydrogen-bond donors (Lipinski definition) is 0. The van der Waals surface area contributed by atoms with Crippen LogP contribution in [-0.2, 0) is 0 Å². The first-order valence-electron chi connectivity index (χ1n) is 12.1. The molecule has 1 nitrogen and oxygen atoms in total. The van der Waals surface area contributed by atoms with E-state index >= 15 is 0 Å².